The topological polar surface area (TPSA) is 46.3 Å². The molecule has 0 saturated carbocycles. The quantitative estimate of drug-likeness (QED) is 0.729. The van der Waals surface area contributed by atoms with Gasteiger partial charge in [-0.15, -0.1) is 0 Å². The maximum atomic E-state index is 4.51. The van der Waals surface area contributed by atoms with Crippen molar-refractivity contribution in [1.29, 1.82) is 0 Å². The summed E-state index contributed by atoms with van der Waals surface area (Å²) in [7, 11) is 0. The molecule has 0 fully saturated rings. The molecule has 2 aromatic heterocycles. The Hall–Kier alpha value is -2.43. The Bertz CT molecular complexity index is 701. The van der Waals surface area contributed by atoms with Gasteiger partial charge in [-0.05, 0) is 13.8 Å². The first kappa shape index (κ1) is 12.6. The highest BCUT2D eigenvalue weighted by molar-refractivity contribution is 5.74. The molecule has 0 bridgehead atoms. The van der Waals surface area contributed by atoms with E-state index in [0.717, 1.165) is 35.9 Å². The van der Waals surface area contributed by atoms with E-state index in [9.17, 15) is 0 Å². The molecule has 2 heterocycles. The maximum absolute atomic E-state index is 4.51. The Kier molecular flexibility index (Phi) is 3.33. The Labute approximate surface area is 117 Å². The summed E-state index contributed by atoms with van der Waals surface area (Å²) in [4.78, 5) is 15.5. The summed E-state index contributed by atoms with van der Waals surface area (Å²) >= 11 is 0. The fourth-order valence-electron chi connectivity index (χ4n) is 2.35. The molecule has 0 unspecified atom stereocenters. The highest BCUT2D eigenvalue weighted by Gasteiger charge is 2.13. The molecular formula is C15H17N5. The van der Waals surface area contributed by atoms with E-state index in [1.54, 1.807) is 12.7 Å². The largest absolute Gasteiger partial charge is 0.342 e. The molecule has 5 heteroatoms. The van der Waals surface area contributed by atoms with Crippen LogP contribution in [0, 0.1) is 0 Å². The van der Waals surface area contributed by atoms with Crippen LogP contribution < -0.4 is 4.90 Å². The molecule has 0 saturated heterocycles. The number of hydrogen-bond acceptors (Lipinski definition) is 4. The molecule has 1 aromatic carbocycles. The summed E-state index contributed by atoms with van der Waals surface area (Å²) in [5.74, 6) is 0.884. The summed E-state index contributed by atoms with van der Waals surface area (Å²) in [6.07, 6.45) is 3.41. The molecule has 102 valence electrons. The lowest BCUT2D eigenvalue weighted by atomic mass is 10.2. The van der Waals surface area contributed by atoms with Crippen LogP contribution in [0.2, 0.25) is 0 Å². The Morgan fingerprint density at radius 1 is 1.00 bits per heavy atom. The minimum atomic E-state index is 0.841. The van der Waals surface area contributed by atoms with Crippen LogP contribution in [0.15, 0.2) is 43.0 Å². The van der Waals surface area contributed by atoms with Gasteiger partial charge < -0.3 is 4.90 Å². The first-order valence-electron chi connectivity index (χ1n) is 6.83. The number of anilines is 1. The van der Waals surface area contributed by atoms with Gasteiger partial charge in [-0.2, -0.15) is 0 Å². The van der Waals surface area contributed by atoms with Crippen molar-refractivity contribution in [2.75, 3.05) is 18.0 Å². The van der Waals surface area contributed by atoms with E-state index >= 15 is 0 Å². The van der Waals surface area contributed by atoms with Gasteiger partial charge in [-0.1, -0.05) is 30.3 Å². The van der Waals surface area contributed by atoms with E-state index in [0.29, 0.717) is 0 Å². The SMILES string of the molecule is CCN(CC)c1ncnc2c(-c3ccccc3)ncn12. The molecule has 20 heavy (non-hydrogen) atoms. The zero-order chi connectivity index (χ0) is 13.9. The first-order chi connectivity index (χ1) is 9.85. The van der Waals surface area contributed by atoms with E-state index < -0.39 is 0 Å². The molecule has 0 aliphatic rings. The monoisotopic (exact) mass is 267 g/mol. The second kappa shape index (κ2) is 5.28. The van der Waals surface area contributed by atoms with Crippen molar-refractivity contribution in [1.82, 2.24) is 19.4 Å². The van der Waals surface area contributed by atoms with Crippen LogP contribution in [0.4, 0.5) is 5.95 Å². The Morgan fingerprint density at radius 2 is 1.75 bits per heavy atom. The highest BCUT2D eigenvalue weighted by Crippen LogP contribution is 2.23. The van der Waals surface area contributed by atoms with Crippen LogP contribution in [0.1, 0.15) is 13.8 Å². The number of rotatable bonds is 4. The van der Waals surface area contributed by atoms with Crippen LogP contribution >= 0.6 is 0 Å². The van der Waals surface area contributed by atoms with Crippen LogP contribution in [0.25, 0.3) is 16.9 Å². The van der Waals surface area contributed by atoms with Gasteiger partial charge >= 0.3 is 0 Å². The van der Waals surface area contributed by atoms with Crippen molar-refractivity contribution >= 4 is 11.6 Å². The zero-order valence-electron chi connectivity index (χ0n) is 11.7. The molecule has 0 amide bonds. The van der Waals surface area contributed by atoms with Gasteiger partial charge in [0.15, 0.2) is 5.65 Å². The van der Waals surface area contributed by atoms with E-state index in [2.05, 4.69) is 33.7 Å². The van der Waals surface area contributed by atoms with Gasteiger partial charge in [-0.3, -0.25) is 4.40 Å². The number of benzene rings is 1. The summed E-state index contributed by atoms with van der Waals surface area (Å²) in [5, 5.41) is 0. The molecule has 0 N–H and O–H groups in total. The van der Waals surface area contributed by atoms with E-state index in [1.807, 2.05) is 34.7 Å². The minimum Gasteiger partial charge on any atom is -0.342 e. The second-order valence-electron chi connectivity index (χ2n) is 4.50. The maximum Gasteiger partial charge on any atom is 0.214 e. The van der Waals surface area contributed by atoms with E-state index in [-0.39, 0.29) is 0 Å². The predicted octanol–water partition coefficient (Wildman–Crippen LogP) is 2.64. The average Bonchev–Trinajstić information content (AvgIpc) is 2.94. The smallest absolute Gasteiger partial charge is 0.214 e. The van der Waals surface area contributed by atoms with Crippen molar-refractivity contribution in [3.05, 3.63) is 43.0 Å². The molecule has 3 aromatic rings. The zero-order valence-corrected chi connectivity index (χ0v) is 11.7. The standard InChI is InChI=1S/C15H17N5/c1-3-19(4-2)15-17-10-16-14-13(18-11-20(14)15)12-8-6-5-7-9-12/h5-11H,3-4H2,1-2H3. The van der Waals surface area contributed by atoms with Gasteiger partial charge in [0.1, 0.15) is 18.3 Å². The number of imidazole rings is 1. The average molecular weight is 267 g/mol. The van der Waals surface area contributed by atoms with Gasteiger partial charge in [0, 0.05) is 18.7 Å². The summed E-state index contributed by atoms with van der Waals surface area (Å²) < 4.78 is 1.95. The molecule has 0 aliphatic heterocycles. The van der Waals surface area contributed by atoms with Crippen molar-refractivity contribution in [2.24, 2.45) is 0 Å². The summed E-state index contributed by atoms with van der Waals surface area (Å²) in [6.45, 7) is 6.04. The van der Waals surface area contributed by atoms with Crippen LogP contribution in [0.3, 0.4) is 0 Å². The van der Waals surface area contributed by atoms with Gasteiger partial charge in [0.25, 0.3) is 0 Å². The fourth-order valence-corrected chi connectivity index (χ4v) is 2.35. The van der Waals surface area contributed by atoms with Crippen molar-refractivity contribution < 1.29 is 0 Å². The Morgan fingerprint density at radius 3 is 2.45 bits per heavy atom. The van der Waals surface area contributed by atoms with Gasteiger partial charge in [0.05, 0.1) is 0 Å². The number of aromatic nitrogens is 4. The van der Waals surface area contributed by atoms with Gasteiger partial charge in [-0.25, -0.2) is 15.0 Å². The lowest BCUT2D eigenvalue weighted by Gasteiger charge is -2.19. The molecule has 0 atom stereocenters. The lowest BCUT2D eigenvalue weighted by Crippen LogP contribution is -2.25. The Balaban J connectivity index is 2.17. The van der Waals surface area contributed by atoms with Crippen molar-refractivity contribution in [2.45, 2.75) is 13.8 Å². The molecule has 0 radical (unpaired) electrons. The fraction of sp³-hybridized carbons (Fsp3) is 0.267. The van der Waals surface area contributed by atoms with Crippen molar-refractivity contribution in [3.63, 3.8) is 0 Å². The normalized spacial score (nSPS) is 10.9. The summed E-state index contributed by atoms with van der Waals surface area (Å²) in [5.41, 5.74) is 2.80. The number of hydrogen-bond donors (Lipinski definition) is 0. The molecular weight excluding hydrogens is 250 g/mol. The number of nitrogens with zero attached hydrogens (tertiary/aromatic N) is 5. The number of fused-ring (bicyclic) bond motifs is 1. The molecule has 0 aliphatic carbocycles. The van der Waals surface area contributed by atoms with Gasteiger partial charge in [0.2, 0.25) is 5.95 Å². The third kappa shape index (κ3) is 2.01. The first-order valence-corrected chi connectivity index (χ1v) is 6.83. The predicted molar refractivity (Wildman–Crippen MR) is 79.8 cm³/mol. The minimum absolute atomic E-state index is 0.841. The van der Waals surface area contributed by atoms with E-state index in [4.69, 9.17) is 0 Å². The third-order valence-corrected chi connectivity index (χ3v) is 3.40. The lowest BCUT2D eigenvalue weighted by molar-refractivity contribution is 0.799. The summed E-state index contributed by atoms with van der Waals surface area (Å²) in [6, 6.07) is 10.1. The van der Waals surface area contributed by atoms with E-state index in [1.165, 1.54) is 0 Å². The second-order valence-corrected chi connectivity index (χ2v) is 4.50. The third-order valence-electron chi connectivity index (χ3n) is 3.40. The molecule has 0 spiro atoms. The molecule has 5 nitrogen and oxygen atoms in total. The highest BCUT2D eigenvalue weighted by atomic mass is 15.3. The molecule has 3 rings (SSSR count). The van der Waals surface area contributed by atoms with Crippen LogP contribution in [-0.2, 0) is 0 Å². The van der Waals surface area contributed by atoms with Crippen LogP contribution in [0.5, 0.6) is 0 Å². The van der Waals surface area contributed by atoms with Crippen molar-refractivity contribution in [3.8, 4) is 11.3 Å². The van der Waals surface area contributed by atoms with Crippen LogP contribution in [-0.4, -0.2) is 32.4 Å².